The second-order valence-corrected chi connectivity index (χ2v) is 3.27. The van der Waals surface area contributed by atoms with Crippen molar-refractivity contribution in [3.05, 3.63) is 21.6 Å². The van der Waals surface area contributed by atoms with Gasteiger partial charge in [-0.05, 0) is 34.8 Å². The molecule has 0 bridgehead atoms. The number of hydrogen-bond donors (Lipinski definition) is 1. The van der Waals surface area contributed by atoms with Gasteiger partial charge in [-0.3, -0.25) is 4.99 Å². The summed E-state index contributed by atoms with van der Waals surface area (Å²) in [5.74, 6) is 0. The number of nitrogens with two attached hydrogens (primary N) is 1. The number of nitrogen functional groups attached to an aromatic ring is 1. The van der Waals surface area contributed by atoms with E-state index < -0.39 is 0 Å². The molecule has 0 unspecified atom stereocenters. The fraction of sp³-hybridized carbons (Fsp3) is 0. The molecule has 1 rings (SSSR count). The molecule has 0 spiro atoms. The van der Waals surface area contributed by atoms with Crippen molar-refractivity contribution in [2.75, 3.05) is 5.73 Å². The van der Waals surface area contributed by atoms with Crippen molar-refractivity contribution < 1.29 is 0 Å². The largest absolute Gasteiger partial charge is 0.396 e. The second kappa shape index (κ2) is 3.24. The van der Waals surface area contributed by atoms with Gasteiger partial charge in [-0.1, -0.05) is 11.6 Å². The zero-order valence-electron chi connectivity index (χ0n) is 5.64. The lowest BCUT2D eigenvalue weighted by molar-refractivity contribution is 1.52. The van der Waals surface area contributed by atoms with E-state index in [0.717, 1.165) is 4.47 Å². The molecule has 0 radical (unpaired) electrons. The van der Waals surface area contributed by atoms with Gasteiger partial charge in [0.2, 0.25) is 0 Å². The first-order valence-corrected chi connectivity index (χ1v) is 4.03. The molecular formula is C7H6BrClN2. The minimum Gasteiger partial charge on any atom is -0.396 e. The van der Waals surface area contributed by atoms with Crippen LogP contribution in [0.2, 0.25) is 5.02 Å². The van der Waals surface area contributed by atoms with Crippen LogP contribution in [0.3, 0.4) is 0 Å². The van der Waals surface area contributed by atoms with Crippen molar-refractivity contribution in [2.24, 2.45) is 4.99 Å². The van der Waals surface area contributed by atoms with E-state index in [2.05, 4.69) is 27.6 Å². The lowest BCUT2D eigenvalue weighted by atomic mass is 10.3. The van der Waals surface area contributed by atoms with Gasteiger partial charge in [0.1, 0.15) is 0 Å². The number of benzene rings is 1. The van der Waals surface area contributed by atoms with E-state index in [4.69, 9.17) is 17.3 Å². The number of aliphatic imine (C=N–C) groups is 1. The summed E-state index contributed by atoms with van der Waals surface area (Å²) in [5.41, 5.74) is 6.78. The number of halogens is 2. The molecule has 0 aromatic heterocycles. The molecule has 0 saturated heterocycles. The quantitative estimate of drug-likeness (QED) is 0.588. The number of nitrogens with zero attached hydrogens (tertiary/aromatic N) is 1. The molecule has 11 heavy (non-hydrogen) atoms. The Morgan fingerprint density at radius 2 is 2.18 bits per heavy atom. The summed E-state index contributed by atoms with van der Waals surface area (Å²) in [6, 6.07) is 3.38. The Bertz CT molecular complexity index is 299. The zero-order chi connectivity index (χ0) is 8.43. The van der Waals surface area contributed by atoms with Crippen LogP contribution in [-0.4, -0.2) is 6.72 Å². The predicted octanol–water partition coefficient (Wildman–Crippen LogP) is 3.02. The molecule has 2 N–H and O–H groups in total. The van der Waals surface area contributed by atoms with Crippen LogP contribution in [0.25, 0.3) is 0 Å². The Morgan fingerprint density at radius 1 is 1.55 bits per heavy atom. The highest BCUT2D eigenvalue weighted by atomic mass is 79.9. The van der Waals surface area contributed by atoms with Gasteiger partial charge in [-0.2, -0.15) is 0 Å². The molecule has 0 fully saturated rings. The molecule has 1 aromatic rings. The van der Waals surface area contributed by atoms with Gasteiger partial charge in [-0.25, -0.2) is 0 Å². The predicted molar refractivity (Wildman–Crippen MR) is 52.8 cm³/mol. The van der Waals surface area contributed by atoms with E-state index in [1.807, 2.05) is 0 Å². The minimum absolute atomic E-state index is 0.560. The van der Waals surface area contributed by atoms with E-state index in [9.17, 15) is 0 Å². The van der Waals surface area contributed by atoms with Crippen molar-refractivity contribution in [3.8, 4) is 0 Å². The van der Waals surface area contributed by atoms with E-state index in [0.29, 0.717) is 16.4 Å². The third-order valence-electron chi connectivity index (χ3n) is 1.24. The summed E-state index contributed by atoms with van der Waals surface area (Å²) in [6.07, 6.45) is 0. The Kier molecular flexibility index (Phi) is 2.52. The summed E-state index contributed by atoms with van der Waals surface area (Å²) in [4.78, 5) is 3.70. The van der Waals surface area contributed by atoms with E-state index >= 15 is 0 Å². The highest BCUT2D eigenvalue weighted by molar-refractivity contribution is 9.10. The molecule has 0 heterocycles. The summed E-state index contributed by atoms with van der Waals surface area (Å²) in [5, 5.41) is 0.591. The third kappa shape index (κ3) is 1.73. The van der Waals surface area contributed by atoms with Crippen LogP contribution in [0.5, 0.6) is 0 Å². The van der Waals surface area contributed by atoms with Crippen LogP contribution in [0.15, 0.2) is 21.6 Å². The van der Waals surface area contributed by atoms with Crippen LogP contribution < -0.4 is 5.73 Å². The van der Waals surface area contributed by atoms with Gasteiger partial charge in [0.25, 0.3) is 0 Å². The molecule has 0 saturated carbocycles. The molecule has 0 aliphatic rings. The Morgan fingerprint density at radius 3 is 2.73 bits per heavy atom. The molecular weight excluding hydrogens is 227 g/mol. The van der Waals surface area contributed by atoms with Gasteiger partial charge in [0.15, 0.2) is 0 Å². The molecule has 0 atom stereocenters. The lowest BCUT2D eigenvalue weighted by Crippen LogP contribution is -1.86. The standard InChI is InChI=1S/C7H6BrClN2/c1-11-6-3-4(9)2-5(8)7(6)10/h2-3H,1,10H2. The van der Waals surface area contributed by atoms with Gasteiger partial charge >= 0.3 is 0 Å². The van der Waals surface area contributed by atoms with E-state index in [-0.39, 0.29) is 0 Å². The van der Waals surface area contributed by atoms with Crippen molar-refractivity contribution in [3.63, 3.8) is 0 Å². The normalized spacial score (nSPS) is 9.64. The van der Waals surface area contributed by atoms with Crippen LogP contribution in [-0.2, 0) is 0 Å². The second-order valence-electron chi connectivity index (χ2n) is 1.98. The minimum atomic E-state index is 0.560. The number of hydrogen-bond acceptors (Lipinski definition) is 2. The Labute approximate surface area is 78.2 Å². The smallest absolute Gasteiger partial charge is 0.0878 e. The van der Waals surface area contributed by atoms with E-state index in [1.165, 1.54) is 0 Å². The van der Waals surface area contributed by atoms with Gasteiger partial charge in [0, 0.05) is 9.50 Å². The average molecular weight is 233 g/mol. The molecule has 0 amide bonds. The first-order chi connectivity index (χ1) is 5.15. The number of anilines is 1. The van der Waals surface area contributed by atoms with Gasteiger partial charge in [-0.15, -0.1) is 0 Å². The summed E-state index contributed by atoms with van der Waals surface area (Å²) >= 11 is 8.97. The summed E-state index contributed by atoms with van der Waals surface area (Å²) < 4.78 is 0.743. The first kappa shape index (κ1) is 8.56. The van der Waals surface area contributed by atoms with Crippen LogP contribution >= 0.6 is 27.5 Å². The highest BCUT2D eigenvalue weighted by Gasteiger charge is 2.02. The van der Waals surface area contributed by atoms with Crippen molar-refractivity contribution in [1.82, 2.24) is 0 Å². The topological polar surface area (TPSA) is 38.4 Å². The van der Waals surface area contributed by atoms with E-state index in [1.54, 1.807) is 12.1 Å². The maximum Gasteiger partial charge on any atom is 0.0878 e. The number of rotatable bonds is 1. The Balaban J connectivity index is 3.35. The maximum atomic E-state index is 5.73. The SMILES string of the molecule is C=Nc1cc(Cl)cc(Br)c1N. The van der Waals surface area contributed by atoms with Gasteiger partial charge in [0.05, 0.1) is 11.4 Å². The summed E-state index contributed by atoms with van der Waals surface area (Å²) in [6.45, 7) is 3.36. The summed E-state index contributed by atoms with van der Waals surface area (Å²) in [7, 11) is 0. The van der Waals surface area contributed by atoms with Gasteiger partial charge < -0.3 is 5.73 Å². The maximum absolute atomic E-state index is 5.73. The van der Waals surface area contributed by atoms with Crippen molar-refractivity contribution >= 4 is 45.6 Å². The van der Waals surface area contributed by atoms with Crippen LogP contribution in [0, 0.1) is 0 Å². The molecule has 0 aliphatic carbocycles. The fourth-order valence-electron chi connectivity index (χ4n) is 0.702. The third-order valence-corrected chi connectivity index (χ3v) is 2.12. The van der Waals surface area contributed by atoms with Crippen molar-refractivity contribution in [1.29, 1.82) is 0 Å². The molecule has 0 aliphatic heterocycles. The zero-order valence-corrected chi connectivity index (χ0v) is 7.98. The first-order valence-electron chi connectivity index (χ1n) is 2.86. The van der Waals surface area contributed by atoms with Crippen LogP contribution in [0.4, 0.5) is 11.4 Å². The molecule has 4 heteroatoms. The monoisotopic (exact) mass is 232 g/mol. The fourth-order valence-corrected chi connectivity index (χ4v) is 1.50. The Hall–Kier alpha value is -0.540. The molecule has 1 aromatic carbocycles. The van der Waals surface area contributed by atoms with Crippen LogP contribution in [0.1, 0.15) is 0 Å². The highest BCUT2D eigenvalue weighted by Crippen LogP contribution is 2.33. The molecule has 2 nitrogen and oxygen atoms in total. The molecule has 58 valence electrons. The van der Waals surface area contributed by atoms with Crippen molar-refractivity contribution in [2.45, 2.75) is 0 Å². The average Bonchev–Trinajstić information content (AvgIpc) is 1.96. The lowest BCUT2D eigenvalue weighted by Gasteiger charge is -2.02.